The van der Waals surface area contributed by atoms with Crippen LogP contribution in [0.4, 0.5) is 19.4 Å². The van der Waals surface area contributed by atoms with E-state index < -0.39 is 40.4 Å². The van der Waals surface area contributed by atoms with E-state index in [0.717, 1.165) is 18.2 Å². The lowest BCUT2D eigenvalue weighted by atomic mass is 9.94. The van der Waals surface area contributed by atoms with E-state index in [1.165, 1.54) is 20.1 Å². The number of carboxylic acid groups (broad SMARTS) is 1. The highest BCUT2D eigenvalue weighted by Gasteiger charge is 2.25. The number of pyridine rings is 1. The van der Waals surface area contributed by atoms with Crippen molar-refractivity contribution in [2.45, 2.75) is 31.9 Å². The standard InChI is InChI=1S/C28H26ClF2N5O4S/c1-28(2,39)10-9-18-5-6-19(20-7-8-21(29)23-25(20)36(3)34-26(23)35-41(4)40)24(32-18)22(33-27(37)38)13-15-11-16(30)14-17(31)12-15/h5-8,11-12,14,22,33,39H,13H2,1-4H3,(H,34,35)(H,37,38)/t22-,41?/m0/s1. The average molecular weight is 602 g/mol. The lowest BCUT2D eigenvalue weighted by Crippen LogP contribution is -2.30. The van der Waals surface area contributed by atoms with Gasteiger partial charge in [-0.15, -0.1) is 0 Å². The highest BCUT2D eigenvalue weighted by Crippen LogP contribution is 2.39. The van der Waals surface area contributed by atoms with Crippen LogP contribution < -0.4 is 10.0 Å². The molecule has 0 saturated heterocycles. The Balaban J connectivity index is 1.99. The molecule has 1 unspecified atom stereocenters. The summed E-state index contributed by atoms with van der Waals surface area (Å²) in [5.74, 6) is 4.13. The number of benzene rings is 2. The molecule has 41 heavy (non-hydrogen) atoms. The first-order valence-corrected chi connectivity index (χ1v) is 14.1. The van der Waals surface area contributed by atoms with E-state index in [2.05, 4.69) is 32.0 Å². The first-order chi connectivity index (χ1) is 19.2. The van der Waals surface area contributed by atoms with Crippen LogP contribution in [0.5, 0.6) is 0 Å². The number of fused-ring (bicyclic) bond motifs is 1. The molecule has 4 aromatic rings. The van der Waals surface area contributed by atoms with Crippen molar-refractivity contribution in [2.75, 3.05) is 11.0 Å². The van der Waals surface area contributed by atoms with Gasteiger partial charge in [0.1, 0.15) is 33.9 Å². The Hall–Kier alpha value is -4.05. The first kappa shape index (κ1) is 29.9. The predicted molar refractivity (Wildman–Crippen MR) is 154 cm³/mol. The van der Waals surface area contributed by atoms with Gasteiger partial charge < -0.3 is 15.5 Å². The molecule has 9 nitrogen and oxygen atoms in total. The van der Waals surface area contributed by atoms with Gasteiger partial charge >= 0.3 is 6.09 Å². The molecule has 0 aliphatic rings. The van der Waals surface area contributed by atoms with E-state index in [4.69, 9.17) is 11.6 Å². The molecule has 1 amide bonds. The molecular weight excluding hydrogens is 576 g/mol. The van der Waals surface area contributed by atoms with Gasteiger partial charge in [0.05, 0.1) is 27.7 Å². The van der Waals surface area contributed by atoms with E-state index in [9.17, 15) is 28.0 Å². The minimum atomic E-state index is -1.45. The molecule has 0 radical (unpaired) electrons. The van der Waals surface area contributed by atoms with Crippen LogP contribution in [0.15, 0.2) is 42.5 Å². The monoisotopic (exact) mass is 601 g/mol. The van der Waals surface area contributed by atoms with Gasteiger partial charge in [0.2, 0.25) is 0 Å². The second-order valence-corrected chi connectivity index (χ2v) is 11.3. The number of aryl methyl sites for hydroxylation is 1. The van der Waals surface area contributed by atoms with Crippen LogP contribution in [0.2, 0.25) is 5.02 Å². The Morgan fingerprint density at radius 1 is 1.17 bits per heavy atom. The van der Waals surface area contributed by atoms with Crippen LogP contribution in [0.25, 0.3) is 22.0 Å². The number of amides is 1. The number of nitrogens with zero attached hydrogens (tertiary/aromatic N) is 3. The number of carbonyl (C=O) groups is 1. The summed E-state index contributed by atoms with van der Waals surface area (Å²) in [7, 11) is 0.226. The summed E-state index contributed by atoms with van der Waals surface area (Å²) in [4.78, 5) is 16.5. The van der Waals surface area contributed by atoms with Gasteiger partial charge in [-0.3, -0.25) is 9.40 Å². The summed E-state index contributed by atoms with van der Waals surface area (Å²) in [6.45, 7) is 3.01. The summed E-state index contributed by atoms with van der Waals surface area (Å²) < 4.78 is 44.3. The van der Waals surface area contributed by atoms with Crippen LogP contribution in [0.3, 0.4) is 0 Å². The summed E-state index contributed by atoms with van der Waals surface area (Å²) in [5, 5.41) is 27.4. The molecule has 0 fully saturated rings. The second-order valence-electron chi connectivity index (χ2n) is 9.77. The highest BCUT2D eigenvalue weighted by atomic mass is 35.5. The number of aliphatic hydroxyl groups is 1. The largest absolute Gasteiger partial charge is 0.465 e. The van der Waals surface area contributed by atoms with Gasteiger partial charge in [0.15, 0.2) is 5.82 Å². The second kappa shape index (κ2) is 11.8. The maximum Gasteiger partial charge on any atom is 0.405 e. The fraction of sp³-hybridized carbons (Fsp3) is 0.250. The minimum absolute atomic E-state index is 0.146. The third-order valence-corrected chi connectivity index (χ3v) is 6.67. The molecule has 4 rings (SSSR count). The van der Waals surface area contributed by atoms with Gasteiger partial charge in [-0.2, -0.15) is 5.10 Å². The number of aromatic nitrogens is 3. The molecular formula is C28H26ClF2N5O4S. The maximum atomic E-state index is 14.0. The quantitative estimate of drug-likeness (QED) is 0.222. The van der Waals surface area contributed by atoms with Crippen LogP contribution >= 0.6 is 11.6 Å². The van der Waals surface area contributed by atoms with E-state index in [1.54, 1.807) is 36.0 Å². The molecule has 2 aromatic heterocycles. The van der Waals surface area contributed by atoms with Crippen molar-refractivity contribution >= 4 is 45.4 Å². The number of rotatable bonds is 7. The summed E-state index contributed by atoms with van der Waals surface area (Å²) in [6, 6.07) is 8.49. The van der Waals surface area contributed by atoms with Crippen molar-refractivity contribution in [1.29, 1.82) is 0 Å². The fourth-order valence-electron chi connectivity index (χ4n) is 4.39. The molecule has 2 heterocycles. The molecule has 13 heteroatoms. The smallest absolute Gasteiger partial charge is 0.405 e. The molecule has 0 spiro atoms. The summed E-state index contributed by atoms with van der Waals surface area (Å²) >= 11 is 6.52. The number of nitrogens with one attached hydrogen (secondary N) is 2. The minimum Gasteiger partial charge on any atom is -0.465 e. The van der Waals surface area contributed by atoms with Crippen molar-refractivity contribution in [1.82, 2.24) is 20.1 Å². The van der Waals surface area contributed by atoms with Crippen molar-refractivity contribution < 1.29 is 28.0 Å². The Bertz CT molecular complexity index is 1720. The van der Waals surface area contributed by atoms with Crippen molar-refractivity contribution in [3.8, 4) is 23.0 Å². The maximum absolute atomic E-state index is 14.0. The lowest BCUT2D eigenvalue weighted by molar-refractivity contribution is 0.143. The van der Waals surface area contributed by atoms with Gasteiger partial charge in [-0.05, 0) is 62.1 Å². The highest BCUT2D eigenvalue weighted by molar-refractivity contribution is 7.85. The van der Waals surface area contributed by atoms with Crippen molar-refractivity contribution in [3.05, 3.63) is 76.1 Å². The van der Waals surface area contributed by atoms with Crippen LogP contribution in [0.1, 0.15) is 36.8 Å². The van der Waals surface area contributed by atoms with Crippen LogP contribution in [0, 0.1) is 23.5 Å². The zero-order valence-electron chi connectivity index (χ0n) is 22.4. The number of halogens is 3. The number of anilines is 1. The molecule has 2 atom stereocenters. The summed E-state index contributed by atoms with van der Waals surface area (Å²) in [6.07, 6.45) is -0.0792. The predicted octanol–water partition coefficient (Wildman–Crippen LogP) is 4.95. The third kappa shape index (κ3) is 7.18. The SMILES string of the molecule is Cn1nc(NS(C)=O)c2c(Cl)ccc(-c3ccc(C#CC(C)(C)O)nc3[C@H](Cc3cc(F)cc(F)c3)NC(=O)O)c21. The molecule has 0 aliphatic heterocycles. The van der Waals surface area contributed by atoms with Gasteiger partial charge in [-0.25, -0.2) is 22.8 Å². The first-order valence-electron chi connectivity index (χ1n) is 12.2. The normalized spacial score (nSPS) is 12.9. The molecule has 0 saturated carbocycles. The molecule has 0 aliphatic carbocycles. The lowest BCUT2D eigenvalue weighted by Gasteiger charge is -2.21. The van der Waals surface area contributed by atoms with Crippen LogP contribution in [-0.2, 0) is 24.5 Å². The van der Waals surface area contributed by atoms with E-state index in [1.807, 2.05) is 0 Å². The van der Waals surface area contributed by atoms with Gasteiger partial charge in [0.25, 0.3) is 0 Å². The zero-order valence-corrected chi connectivity index (χ0v) is 24.0. The Morgan fingerprint density at radius 3 is 2.44 bits per heavy atom. The third-order valence-electron chi connectivity index (χ3n) is 5.88. The van der Waals surface area contributed by atoms with E-state index >= 15 is 0 Å². The Labute approximate surface area is 242 Å². The van der Waals surface area contributed by atoms with Gasteiger partial charge in [-0.1, -0.05) is 23.6 Å². The van der Waals surface area contributed by atoms with E-state index in [0.29, 0.717) is 27.1 Å². The van der Waals surface area contributed by atoms with Crippen LogP contribution in [-0.4, -0.2) is 47.1 Å². The summed E-state index contributed by atoms with van der Waals surface area (Å²) in [5.41, 5.74) is 0.864. The topological polar surface area (TPSA) is 129 Å². The molecule has 0 bridgehead atoms. The van der Waals surface area contributed by atoms with Crippen molar-refractivity contribution in [2.24, 2.45) is 7.05 Å². The molecule has 214 valence electrons. The Kier molecular flexibility index (Phi) is 8.63. The number of hydrogen-bond donors (Lipinski definition) is 4. The fourth-order valence-corrected chi connectivity index (χ4v) is 5.04. The average Bonchev–Trinajstić information content (AvgIpc) is 3.17. The molecule has 4 N–H and O–H groups in total. The zero-order chi connectivity index (χ0) is 30.1. The van der Waals surface area contributed by atoms with E-state index in [-0.39, 0.29) is 29.2 Å². The number of hydrogen-bond acceptors (Lipinski definition) is 5. The van der Waals surface area contributed by atoms with Gasteiger partial charge in [0, 0.05) is 30.5 Å². The Morgan fingerprint density at radius 2 is 1.83 bits per heavy atom. The van der Waals surface area contributed by atoms with Crippen molar-refractivity contribution in [3.63, 3.8) is 0 Å². The molecule has 2 aromatic carbocycles.